The lowest BCUT2D eigenvalue weighted by Gasteiger charge is -2.34. The summed E-state index contributed by atoms with van der Waals surface area (Å²) in [6.45, 7) is 4.23. The number of hydrogen-bond donors (Lipinski definition) is 0. The smallest absolute Gasteiger partial charge is 0.243 e. The second-order valence-corrected chi connectivity index (χ2v) is 11.1. The Morgan fingerprint density at radius 1 is 0.970 bits per heavy atom. The van der Waals surface area contributed by atoms with Crippen LogP contribution in [0.25, 0.3) is 0 Å². The first-order chi connectivity index (χ1) is 15.9. The third-order valence-corrected chi connectivity index (χ3v) is 8.59. The Labute approximate surface area is 195 Å². The molecule has 0 unspecified atom stereocenters. The van der Waals surface area contributed by atoms with Crippen LogP contribution < -0.4 is 9.47 Å². The summed E-state index contributed by atoms with van der Waals surface area (Å²) in [5.41, 5.74) is 2.34. The highest BCUT2D eigenvalue weighted by Gasteiger charge is 2.39. The Bertz CT molecular complexity index is 1120. The fourth-order valence-corrected chi connectivity index (χ4v) is 6.06. The van der Waals surface area contributed by atoms with Crippen molar-refractivity contribution in [1.29, 1.82) is 0 Å². The monoisotopic (exact) mass is 470 g/mol. The SMILES string of the molecule is Cc1ccc(CN(C(=O)C2CCN(S(=O)(=O)c3ccc4c(c3)OCCO4)CC2)C2CC2)cc1. The van der Waals surface area contributed by atoms with Crippen molar-refractivity contribution in [3.63, 3.8) is 0 Å². The number of rotatable bonds is 6. The summed E-state index contributed by atoms with van der Waals surface area (Å²) in [4.78, 5) is 15.6. The van der Waals surface area contributed by atoms with E-state index in [1.54, 1.807) is 12.1 Å². The number of piperidine rings is 1. The minimum absolute atomic E-state index is 0.136. The quantitative estimate of drug-likeness (QED) is 0.647. The largest absolute Gasteiger partial charge is 0.486 e. The summed E-state index contributed by atoms with van der Waals surface area (Å²) in [5, 5.41) is 0. The molecule has 0 bridgehead atoms. The number of sulfonamides is 1. The Morgan fingerprint density at radius 2 is 1.64 bits per heavy atom. The first-order valence-corrected chi connectivity index (χ1v) is 13.1. The van der Waals surface area contributed by atoms with Gasteiger partial charge >= 0.3 is 0 Å². The van der Waals surface area contributed by atoms with Gasteiger partial charge in [-0.25, -0.2) is 8.42 Å². The fourth-order valence-electron chi connectivity index (χ4n) is 4.57. The lowest BCUT2D eigenvalue weighted by atomic mass is 9.96. The molecule has 2 aromatic carbocycles. The van der Waals surface area contributed by atoms with Crippen molar-refractivity contribution >= 4 is 15.9 Å². The van der Waals surface area contributed by atoms with Gasteiger partial charge in [-0.05, 0) is 50.3 Å². The zero-order valence-electron chi connectivity index (χ0n) is 18.9. The number of ether oxygens (including phenoxy) is 2. The molecule has 0 spiro atoms. The fraction of sp³-hybridized carbons (Fsp3) is 0.480. The summed E-state index contributed by atoms with van der Waals surface area (Å²) in [5.74, 6) is 1.05. The Kier molecular flexibility index (Phi) is 6.05. The lowest BCUT2D eigenvalue weighted by Crippen LogP contribution is -2.44. The average molecular weight is 471 g/mol. The van der Waals surface area contributed by atoms with Crippen LogP contribution in [-0.4, -0.2) is 55.9 Å². The predicted octanol–water partition coefficient (Wildman–Crippen LogP) is 3.36. The van der Waals surface area contributed by atoms with Crippen molar-refractivity contribution in [2.75, 3.05) is 26.3 Å². The minimum Gasteiger partial charge on any atom is -0.486 e. The molecule has 176 valence electrons. The minimum atomic E-state index is -3.65. The van der Waals surface area contributed by atoms with E-state index in [-0.39, 0.29) is 16.7 Å². The second kappa shape index (κ2) is 8.99. The highest BCUT2D eigenvalue weighted by atomic mass is 32.2. The van der Waals surface area contributed by atoms with Crippen LogP contribution in [0.2, 0.25) is 0 Å². The predicted molar refractivity (Wildman–Crippen MR) is 124 cm³/mol. The molecule has 0 atom stereocenters. The number of nitrogens with zero attached hydrogens (tertiary/aromatic N) is 2. The zero-order valence-corrected chi connectivity index (χ0v) is 19.7. The number of carbonyl (C=O) groups excluding carboxylic acids is 1. The van der Waals surface area contributed by atoms with Crippen LogP contribution >= 0.6 is 0 Å². The van der Waals surface area contributed by atoms with E-state index < -0.39 is 10.0 Å². The molecular formula is C25H30N2O5S. The van der Waals surface area contributed by atoms with Crippen molar-refractivity contribution in [1.82, 2.24) is 9.21 Å². The number of amides is 1. The van der Waals surface area contributed by atoms with Crippen molar-refractivity contribution in [3.05, 3.63) is 53.6 Å². The van der Waals surface area contributed by atoms with E-state index in [1.807, 2.05) is 4.90 Å². The van der Waals surface area contributed by atoms with Crippen LogP contribution in [0.5, 0.6) is 11.5 Å². The average Bonchev–Trinajstić information content (AvgIpc) is 3.68. The van der Waals surface area contributed by atoms with Gasteiger partial charge in [0, 0.05) is 37.7 Å². The van der Waals surface area contributed by atoms with E-state index in [0.29, 0.717) is 63.2 Å². The first-order valence-electron chi connectivity index (χ1n) is 11.7. The lowest BCUT2D eigenvalue weighted by molar-refractivity contribution is -0.138. The number of benzene rings is 2. The van der Waals surface area contributed by atoms with Gasteiger partial charge in [-0.15, -0.1) is 0 Å². The van der Waals surface area contributed by atoms with E-state index in [1.165, 1.54) is 15.9 Å². The molecule has 1 saturated heterocycles. The second-order valence-electron chi connectivity index (χ2n) is 9.17. The maximum atomic E-state index is 13.4. The van der Waals surface area contributed by atoms with Crippen molar-refractivity contribution < 1.29 is 22.7 Å². The highest BCUT2D eigenvalue weighted by molar-refractivity contribution is 7.89. The van der Waals surface area contributed by atoms with Crippen LogP contribution in [0, 0.1) is 12.8 Å². The molecule has 7 nitrogen and oxygen atoms in total. The molecule has 0 radical (unpaired) electrons. The Balaban J connectivity index is 1.24. The third-order valence-electron chi connectivity index (χ3n) is 6.70. The van der Waals surface area contributed by atoms with E-state index in [4.69, 9.17) is 9.47 Å². The topological polar surface area (TPSA) is 76.2 Å². The van der Waals surface area contributed by atoms with Gasteiger partial charge in [-0.2, -0.15) is 4.31 Å². The van der Waals surface area contributed by atoms with Gasteiger partial charge in [0.15, 0.2) is 11.5 Å². The molecule has 1 amide bonds. The molecule has 33 heavy (non-hydrogen) atoms. The molecular weight excluding hydrogens is 440 g/mol. The number of aryl methyl sites for hydroxylation is 1. The number of carbonyl (C=O) groups is 1. The molecule has 5 rings (SSSR count). The van der Waals surface area contributed by atoms with Gasteiger partial charge in [-0.1, -0.05) is 29.8 Å². The summed E-state index contributed by atoms with van der Waals surface area (Å²) in [6.07, 6.45) is 3.18. The highest BCUT2D eigenvalue weighted by Crippen LogP contribution is 2.35. The van der Waals surface area contributed by atoms with Gasteiger partial charge in [0.2, 0.25) is 15.9 Å². The maximum absolute atomic E-state index is 13.4. The molecule has 2 fully saturated rings. The van der Waals surface area contributed by atoms with Gasteiger partial charge in [0.05, 0.1) is 4.90 Å². The van der Waals surface area contributed by atoms with Gasteiger partial charge in [-0.3, -0.25) is 4.79 Å². The zero-order chi connectivity index (χ0) is 23.0. The van der Waals surface area contributed by atoms with Crippen LogP contribution in [0.3, 0.4) is 0 Å². The van der Waals surface area contributed by atoms with Crippen molar-refractivity contribution in [3.8, 4) is 11.5 Å². The van der Waals surface area contributed by atoms with Crippen molar-refractivity contribution in [2.45, 2.75) is 50.1 Å². The maximum Gasteiger partial charge on any atom is 0.243 e. The van der Waals surface area contributed by atoms with E-state index in [9.17, 15) is 13.2 Å². The molecule has 0 N–H and O–H groups in total. The Morgan fingerprint density at radius 3 is 2.30 bits per heavy atom. The summed E-state index contributed by atoms with van der Waals surface area (Å²) in [6, 6.07) is 13.4. The molecule has 2 aliphatic heterocycles. The standard InChI is InChI=1S/C25H30N2O5S/c1-18-2-4-19(5-3-18)17-27(21-6-7-21)25(28)20-10-12-26(13-11-20)33(29,30)22-8-9-23-24(16-22)32-15-14-31-23/h2-5,8-9,16,20-21H,6-7,10-15,17H2,1H3. The van der Waals surface area contributed by atoms with Crippen LogP contribution in [0.4, 0.5) is 0 Å². The molecule has 1 aliphatic carbocycles. The summed E-state index contributed by atoms with van der Waals surface area (Å²) >= 11 is 0. The molecule has 8 heteroatoms. The number of hydrogen-bond acceptors (Lipinski definition) is 5. The van der Waals surface area contributed by atoms with Crippen LogP contribution in [0.15, 0.2) is 47.4 Å². The number of fused-ring (bicyclic) bond motifs is 1. The van der Waals surface area contributed by atoms with Crippen LogP contribution in [-0.2, 0) is 21.4 Å². The van der Waals surface area contributed by atoms with Gasteiger partial charge in [0.25, 0.3) is 0 Å². The molecule has 3 aliphatic rings. The van der Waals surface area contributed by atoms with Gasteiger partial charge in [0.1, 0.15) is 13.2 Å². The van der Waals surface area contributed by atoms with E-state index >= 15 is 0 Å². The summed E-state index contributed by atoms with van der Waals surface area (Å²) in [7, 11) is -3.65. The van der Waals surface area contributed by atoms with E-state index in [0.717, 1.165) is 18.4 Å². The van der Waals surface area contributed by atoms with Crippen molar-refractivity contribution in [2.24, 2.45) is 5.92 Å². The third kappa shape index (κ3) is 4.73. The van der Waals surface area contributed by atoms with E-state index in [2.05, 4.69) is 31.2 Å². The molecule has 2 aromatic rings. The Hall–Kier alpha value is -2.58. The molecule has 2 heterocycles. The van der Waals surface area contributed by atoms with Crippen LogP contribution in [0.1, 0.15) is 36.8 Å². The molecule has 0 aromatic heterocycles. The normalized spacial score (nSPS) is 19.3. The summed E-state index contributed by atoms with van der Waals surface area (Å²) < 4.78 is 38.9. The van der Waals surface area contributed by atoms with Gasteiger partial charge < -0.3 is 14.4 Å². The first kappa shape index (κ1) is 22.2. The molecule has 1 saturated carbocycles.